The van der Waals surface area contributed by atoms with E-state index in [1.54, 1.807) is 49.6 Å². The van der Waals surface area contributed by atoms with Crippen LogP contribution in [0.4, 0.5) is 5.69 Å². The summed E-state index contributed by atoms with van der Waals surface area (Å²) < 4.78 is 29.0. The summed E-state index contributed by atoms with van der Waals surface area (Å²) in [5.74, 6) is -0.286. The average Bonchev–Trinajstić information content (AvgIpc) is 3.03. The minimum absolute atomic E-state index is 0.0580. The van der Waals surface area contributed by atoms with Crippen molar-refractivity contribution in [2.45, 2.75) is 51.1 Å². The summed E-state index contributed by atoms with van der Waals surface area (Å²) in [6.45, 7) is 8.75. The van der Waals surface area contributed by atoms with Gasteiger partial charge in [0.2, 0.25) is 5.91 Å². The lowest BCUT2D eigenvalue weighted by Gasteiger charge is -2.26. The fourth-order valence-corrected chi connectivity index (χ4v) is 7.21. The van der Waals surface area contributed by atoms with Crippen LogP contribution in [0.2, 0.25) is 10.0 Å². The van der Waals surface area contributed by atoms with Gasteiger partial charge in [0.15, 0.2) is 0 Å². The monoisotopic (exact) mass is 652 g/mol. The van der Waals surface area contributed by atoms with E-state index in [2.05, 4.69) is 53.3 Å². The summed E-state index contributed by atoms with van der Waals surface area (Å²) in [7, 11) is -4.12. The molecule has 1 amide bonds. The van der Waals surface area contributed by atoms with E-state index in [0.29, 0.717) is 22.7 Å². The molecule has 0 aliphatic heterocycles. The van der Waals surface area contributed by atoms with Crippen molar-refractivity contribution in [1.29, 1.82) is 0 Å². The van der Waals surface area contributed by atoms with Crippen LogP contribution in [0.5, 0.6) is 0 Å². The molecule has 1 heterocycles. The van der Waals surface area contributed by atoms with Gasteiger partial charge in [0.1, 0.15) is 4.90 Å². The summed E-state index contributed by atoms with van der Waals surface area (Å²) in [6.07, 6.45) is 3.92. The van der Waals surface area contributed by atoms with E-state index in [1.165, 1.54) is 22.0 Å². The highest BCUT2D eigenvalue weighted by Gasteiger charge is 2.29. The van der Waals surface area contributed by atoms with E-state index in [1.807, 2.05) is 12.1 Å². The first-order valence-electron chi connectivity index (χ1n) is 14.7. The van der Waals surface area contributed by atoms with Crippen LogP contribution in [0.15, 0.2) is 96.2 Å². The Morgan fingerprint density at radius 2 is 1.59 bits per heavy atom. The van der Waals surface area contributed by atoms with Gasteiger partial charge < -0.3 is 5.32 Å². The molecule has 0 bridgehead atoms. The van der Waals surface area contributed by atoms with Gasteiger partial charge in [-0.3, -0.25) is 19.0 Å². The van der Waals surface area contributed by atoms with Crippen molar-refractivity contribution in [3.8, 4) is 0 Å². The highest BCUT2D eigenvalue weighted by molar-refractivity contribution is 7.93. The Bertz CT molecular complexity index is 1630. The molecule has 0 radical (unpaired) electrons. The van der Waals surface area contributed by atoms with Crippen LogP contribution >= 0.6 is 23.2 Å². The fourth-order valence-electron chi connectivity index (χ4n) is 4.96. The topological polar surface area (TPSA) is 82.6 Å². The molecule has 0 aliphatic rings. The molecule has 4 rings (SSSR count). The Hall–Kier alpha value is -3.43. The van der Waals surface area contributed by atoms with Gasteiger partial charge in [0.25, 0.3) is 10.0 Å². The smallest absolute Gasteiger partial charge is 0.265 e. The number of nitrogens with one attached hydrogen (secondary N) is 1. The van der Waals surface area contributed by atoms with Crippen molar-refractivity contribution in [2.75, 3.05) is 23.9 Å². The summed E-state index contributed by atoms with van der Waals surface area (Å²) in [4.78, 5) is 20.0. The number of hydrogen-bond acceptors (Lipinski definition) is 5. The Balaban J connectivity index is 1.53. The standard InChI is InChI=1S/C34H38Cl2N4O3S/c1-4-39(5-2)24-27-15-13-26(14-16-27)22-31(28-10-9-20-37-23-28)38-33(41)19-21-40(29-11-7-6-8-12-29)44(42,43)32-18-17-30(35)25(3)34(32)36/h6-18,20,23,31H,4-5,19,21-22,24H2,1-3H3,(H,38,41). The summed E-state index contributed by atoms with van der Waals surface area (Å²) in [5, 5.41) is 3.55. The molecule has 232 valence electrons. The molecule has 0 saturated carbocycles. The van der Waals surface area contributed by atoms with Crippen molar-refractivity contribution in [1.82, 2.24) is 15.2 Å². The Labute approximate surface area is 270 Å². The summed E-state index contributed by atoms with van der Waals surface area (Å²) >= 11 is 12.6. The molecule has 4 aromatic rings. The van der Waals surface area contributed by atoms with E-state index < -0.39 is 10.0 Å². The number of hydrogen-bond donors (Lipinski definition) is 1. The number of carbonyl (C=O) groups excluding carboxylic acids is 1. The highest BCUT2D eigenvalue weighted by Crippen LogP contribution is 2.34. The van der Waals surface area contributed by atoms with Crippen LogP contribution in [-0.4, -0.2) is 43.8 Å². The molecule has 44 heavy (non-hydrogen) atoms. The SMILES string of the molecule is CCN(CC)Cc1ccc(CC(NC(=O)CCN(c2ccccc2)S(=O)(=O)c2ccc(Cl)c(C)c2Cl)c2cccnc2)cc1. The largest absolute Gasteiger partial charge is 0.349 e. The minimum atomic E-state index is -4.12. The Morgan fingerprint density at radius 1 is 0.909 bits per heavy atom. The first-order chi connectivity index (χ1) is 21.1. The number of halogens is 2. The first kappa shape index (κ1) is 33.5. The summed E-state index contributed by atoms with van der Waals surface area (Å²) in [5.41, 5.74) is 4.07. The zero-order valence-corrected chi connectivity index (χ0v) is 27.5. The average molecular weight is 654 g/mol. The predicted octanol–water partition coefficient (Wildman–Crippen LogP) is 7.22. The second-order valence-corrected chi connectivity index (χ2v) is 13.2. The van der Waals surface area contributed by atoms with Crippen molar-refractivity contribution in [3.05, 3.63) is 124 Å². The van der Waals surface area contributed by atoms with Crippen LogP contribution in [0.3, 0.4) is 0 Å². The fraction of sp³-hybridized carbons (Fsp3) is 0.294. The quantitative estimate of drug-likeness (QED) is 0.155. The second kappa shape index (κ2) is 15.5. The number of rotatable bonds is 14. The molecule has 7 nitrogen and oxygen atoms in total. The van der Waals surface area contributed by atoms with Crippen LogP contribution in [-0.2, 0) is 27.8 Å². The van der Waals surface area contributed by atoms with E-state index in [-0.39, 0.29) is 34.8 Å². The van der Waals surface area contributed by atoms with Gasteiger partial charge in [-0.15, -0.1) is 0 Å². The molecule has 0 saturated heterocycles. The number of carbonyl (C=O) groups is 1. The van der Waals surface area contributed by atoms with Crippen LogP contribution in [0, 0.1) is 6.92 Å². The van der Waals surface area contributed by atoms with Gasteiger partial charge in [0.05, 0.1) is 16.8 Å². The number of para-hydroxylation sites is 1. The lowest BCUT2D eigenvalue weighted by molar-refractivity contribution is -0.121. The third-order valence-electron chi connectivity index (χ3n) is 7.62. The molecule has 1 aromatic heterocycles. The van der Waals surface area contributed by atoms with E-state index in [4.69, 9.17) is 23.2 Å². The number of nitrogens with zero attached hydrogens (tertiary/aromatic N) is 3. The number of amides is 1. The molecule has 3 aromatic carbocycles. The predicted molar refractivity (Wildman–Crippen MR) is 179 cm³/mol. The lowest BCUT2D eigenvalue weighted by Crippen LogP contribution is -2.37. The Kier molecular flexibility index (Phi) is 11.8. The van der Waals surface area contributed by atoms with Crippen molar-refractivity contribution in [3.63, 3.8) is 0 Å². The molecule has 10 heteroatoms. The van der Waals surface area contributed by atoms with E-state index in [9.17, 15) is 13.2 Å². The minimum Gasteiger partial charge on any atom is -0.349 e. The number of pyridine rings is 1. The van der Waals surface area contributed by atoms with Crippen molar-refractivity contribution in [2.24, 2.45) is 0 Å². The van der Waals surface area contributed by atoms with Gasteiger partial charge in [-0.2, -0.15) is 0 Å². The lowest BCUT2D eigenvalue weighted by atomic mass is 9.99. The molecule has 1 unspecified atom stereocenters. The van der Waals surface area contributed by atoms with Crippen molar-refractivity contribution >= 4 is 44.8 Å². The maximum absolute atomic E-state index is 13.9. The first-order valence-corrected chi connectivity index (χ1v) is 16.9. The van der Waals surface area contributed by atoms with Gasteiger partial charge in [-0.05, 0) is 79.0 Å². The van der Waals surface area contributed by atoms with Gasteiger partial charge in [-0.1, -0.05) is 85.6 Å². The second-order valence-electron chi connectivity index (χ2n) is 10.5. The third kappa shape index (κ3) is 8.39. The normalized spacial score (nSPS) is 12.2. The van der Waals surface area contributed by atoms with Crippen LogP contribution < -0.4 is 9.62 Å². The molecule has 0 spiro atoms. The third-order valence-corrected chi connectivity index (χ3v) is 10.5. The number of sulfonamides is 1. The molecule has 1 atom stereocenters. The number of anilines is 1. The van der Waals surface area contributed by atoms with Gasteiger partial charge in [-0.25, -0.2) is 8.42 Å². The number of aromatic nitrogens is 1. The van der Waals surface area contributed by atoms with Crippen LogP contribution in [0.25, 0.3) is 0 Å². The van der Waals surface area contributed by atoms with Gasteiger partial charge >= 0.3 is 0 Å². The molecular weight excluding hydrogens is 615 g/mol. The van der Waals surface area contributed by atoms with Gasteiger partial charge in [0, 0.05) is 36.9 Å². The van der Waals surface area contributed by atoms with Crippen LogP contribution in [0.1, 0.15) is 48.6 Å². The molecule has 1 N–H and O–H groups in total. The zero-order chi connectivity index (χ0) is 31.7. The maximum atomic E-state index is 13.9. The molecular formula is C34H38Cl2N4O3S. The Morgan fingerprint density at radius 3 is 2.23 bits per heavy atom. The maximum Gasteiger partial charge on any atom is 0.265 e. The molecule has 0 aliphatic carbocycles. The summed E-state index contributed by atoms with van der Waals surface area (Å²) in [6, 6.07) is 23.4. The molecule has 0 fully saturated rings. The van der Waals surface area contributed by atoms with E-state index in [0.717, 1.165) is 30.8 Å². The number of benzene rings is 3. The highest BCUT2D eigenvalue weighted by atomic mass is 35.5. The van der Waals surface area contributed by atoms with Crippen molar-refractivity contribution < 1.29 is 13.2 Å². The van der Waals surface area contributed by atoms with E-state index >= 15 is 0 Å². The zero-order valence-electron chi connectivity index (χ0n) is 25.2.